The smallest absolute Gasteiger partial charge is 0.222 e. The highest BCUT2D eigenvalue weighted by atomic mass is 35.5. The lowest BCUT2D eigenvalue weighted by Crippen LogP contribution is -2.39. The van der Waals surface area contributed by atoms with E-state index in [2.05, 4.69) is 0 Å². The molecule has 0 aliphatic carbocycles. The largest absolute Gasteiger partial charge is 0.493 e. The Kier molecular flexibility index (Phi) is 10.1. The second-order valence-corrected chi connectivity index (χ2v) is 5.46. The third kappa shape index (κ3) is 6.37. The minimum absolute atomic E-state index is 0. The van der Waals surface area contributed by atoms with Gasteiger partial charge in [0.15, 0.2) is 17.3 Å². The molecule has 0 radical (unpaired) electrons. The fourth-order valence-electron chi connectivity index (χ4n) is 1.99. The molecule has 0 fully saturated rings. The van der Waals surface area contributed by atoms with Gasteiger partial charge < -0.3 is 20.1 Å². The molecule has 6 nitrogen and oxygen atoms in total. The van der Waals surface area contributed by atoms with Gasteiger partial charge in [-0.3, -0.25) is 9.59 Å². The Morgan fingerprint density at radius 2 is 1.96 bits per heavy atom. The molecule has 0 heterocycles. The van der Waals surface area contributed by atoms with Crippen LogP contribution in [0.1, 0.15) is 37.0 Å². The van der Waals surface area contributed by atoms with Crippen molar-refractivity contribution < 1.29 is 19.1 Å². The van der Waals surface area contributed by atoms with Crippen LogP contribution in [0.4, 0.5) is 0 Å². The summed E-state index contributed by atoms with van der Waals surface area (Å²) < 4.78 is 10.9. The van der Waals surface area contributed by atoms with Gasteiger partial charge in [-0.15, -0.1) is 12.4 Å². The number of hydrogen-bond acceptors (Lipinski definition) is 5. The number of ketones is 1. The molecule has 24 heavy (non-hydrogen) atoms. The molecular weight excluding hydrogens is 332 g/mol. The van der Waals surface area contributed by atoms with Crippen molar-refractivity contribution in [2.45, 2.75) is 32.7 Å². The monoisotopic (exact) mass is 358 g/mol. The van der Waals surface area contributed by atoms with Gasteiger partial charge in [-0.25, -0.2) is 0 Å². The number of likely N-dealkylation sites (N-methyl/N-ethyl adjacent to an activating group) is 1. The zero-order valence-corrected chi connectivity index (χ0v) is 15.5. The van der Waals surface area contributed by atoms with Crippen molar-refractivity contribution in [3.8, 4) is 11.5 Å². The van der Waals surface area contributed by atoms with Gasteiger partial charge in [0, 0.05) is 31.6 Å². The van der Waals surface area contributed by atoms with E-state index in [1.165, 1.54) is 14.0 Å². The van der Waals surface area contributed by atoms with Crippen LogP contribution in [0.25, 0.3) is 0 Å². The summed E-state index contributed by atoms with van der Waals surface area (Å²) in [5.74, 6) is 1.09. The van der Waals surface area contributed by atoms with Gasteiger partial charge in [-0.2, -0.15) is 0 Å². The average molecular weight is 359 g/mol. The Hall–Kier alpha value is -1.79. The van der Waals surface area contributed by atoms with E-state index in [1.54, 1.807) is 30.1 Å². The molecule has 1 aromatic carbocycles. The van der Waals surface area contributed by atoms with Crippen molar-refractivity contribution in [1.82, 2.24) is 4.90 Å². The Balaban J connectivity index is 0.00000529. The van der Waals surface area contributed by atoms with Gasteiger partial charge in [-0.05, 0) is 38.5 Å². The molecule has 0 aliphatic rings. The van der Waals surface area contributed by atoms with Crippen molar-refractivity contribution in [3.05, 3.63) is 23.8 Å². The summed E-state index contributed by atoms with van der Waals surface area (Å²) in [6, 6.07) is 5.09. The average Bonchev–Trinajstić information content (AvgIpc) is 2.56. The fourth-order valence-corrected chi connectivity index (χ4v) is 1.99. The van der Waals surface area contributed by atoms with Crippen LogP contribution in [-0.4, -0.2) is 49.9 Å². The van der Waals surface area contributed by atoms with E-state index in [9.17, 15) is 9.59 Å². The van der Waals surface area contributed by atoms with Crippen molar-refractivity contribution in [2.75, 3.05) is 27.3 Å². The van der Waals surface area contributed by atoms with Gasteiger partial charge in [0.2, 0.25) is 5.91 Å². The van der Waals surface area contributed by atoms with Gasteiger partial charge >= 0.3 is 0 Å². The number of benzene rings is 1. The van der Waals surface area contributed by atoms with Crippen LogP contribution in [-0.2, 0) is 4.79 Å². The molecule has 1 rings (SSSR count). The molecule has 0 aliphatic heterocycles. The molecule has 0 bridgehead atoms. The summed E-state index contributed by atoms with van der Waals surface area (Å²) in [7, 11) is 3.28. The number of carbonyl (C=O) groups is 2. The van der Waals surface area contributed by atoms with Crippen LogP contribution < -0.4 is 15.2 Å². The summed E-state index contributed by atoms with van der Waals surface area (Å²) in [5, 5.41) is 0. The zero-order valence-electron chi connectivity index (χ0n) is 14.7. The first-order valence-corrected chi connectivity index (χ1v) is 7.68. The Morgan fingerprint density at radius 1 is 1.29 bits per heavy atom. The molecule has 1 aromatic rings. The fraction of sp³-hybridized carbons (Fsp3) is 0.529. The van der Waals surface area contributed by atoms with E-state index in [0.29, 0.717) is 43.1 Å². The lowest BCUT2D eigenvalue weighted by atomic mass is 10.1. The van der Waals surface area contributed by atoms with E-state index >= 15 is 0 Å². The van der Waals surface area contributed by atoms with Crippen LogP contribution in [0.2, 0.25) is 0 Å². The number of nitrogens with two attached hydrogens (primary N) is 1. The van der Waals surface area contributed by atoms with Crippen molar-refractivity contribution >= 4 is 24.1 Å². The van der Waals surface area contributed by atoms with Crippen LogP contribution in [0.15, 0.2) is 18.2 Å². The van der Waals surface area contributed by atoms with Gasteiger partial charge in [-0.1, -0.05) is 0 Å². The number of carbonyl (C=O) groups excluding carboxylic acids is 2. The first-order chi connectivity index (χ1) is 10.9. The minimum atomic E-state index is -0.0301. The first-order valence-electron chi connectivity index (χ1n) is 7.68. The van der Waals surface area contributed by atoms with Crippen LogP contribution >= 0.6 is 12.4 Å². The molecule has 1 amide bonds. The van der Waals surface area contributed by atoms with Crippen molar-refractivity contribution in [1.29, 1.82) is 0 Å². The number of amides is 1. The van der Waals surface area contributed by atoms with Gasteiger partial charge in [0.05, 0.1) is 13.7 Å². The Bertz CT molecular complexity index is 551. The Labute approximate surface area is 149 Å². The van der Waals surface area contributed by atoms with E-state index in [-0.39, 0.29) is 30.1 Å². The van der Waals surface area contributed by atoms with Crippen LogP contribution in [0, 0.1) is 0 Å². The summed E-state index contributed by atoms with van der Waals surface area (Å²) in [6.07, 6.45) is 0.993. The van der Waals surface area contributed by atoms with E-state index in [0.717, 1.165) is 0 Å². The molecule has 2 N–H and O–H groups in total. The van der Waals surface area contributed by atoms with E-state index in [4.69, 9.17) is 15.2 Å². The van der Waals surface area contributed by atoms with E-state index < -0.39 is 0 Å². The third-order valence-electron chi connectivity index (χ3n) is 3.76. The number of methoxy groups -OCH3 is 1. The normalized spacial score (nSPS) is 11.2. The molecule has 0 saturated heterocycles. The summed E-state index contributed by atoms with van der Waals surface area (Å²) in [4.78, 5) is 25.0. The molecule has 0 aromatic heterocycles. The Morgan fingerprint density at radius 3 is 2.50 bits per heavy atom. The second-order valence-electron chi connectivity index (χ2n) is 5.46. The highest BCUT2D eigenvalue weighted by Gasteiger charge is 2.14. The van der Waals surface area contributed by atoms with Crippen LogP contribution in [0.5, 0.6) is 11.5 Å². The van der Waals surface area contributed by atoms with Gasteiger partial charge in [0.25, 0.3) is 0 Å². The molecule has 1 atom stereocenters. The lowest BCUT2D eigenvalue weighted by molar-refractivity contribution is -0.131. The standard InChI is InChI=1S/C17H26N2O4.ClH/c1-12(11-18)19(3)17(21)6-5-9-23-15-8-7-14(13(2)20)10-16(15)22-4;/h7-8,10,12H,5-6,9,11,18H2,1-4H3;1H. The summed E-state index contributed by atoms with van der Waals surface area (Å²) in [6.45, 7) is 4.25. The highest BCUT2D eigenvalue weighted by molar-refractivity contribution is 5.94. The molecule has 0 saturated carbocycles. The van der Waals surface area contributed by atoms with Crippen LogP contribution in [0.3, 0.4) is 0 Å². The third-order valence-corrected chi connectivity index (χ3v) is 3.76. The number of ether oxygens (including phenoxy) is 2. The SMILES string of the molecule is COc1cc(C(C)=O)ccc1OCCCC(=O)N(C)C(C)CN.Cl. The predicted octanol–water partition coefficient (Wildman–Crippen LogP) is 2.28. The number of rotatable bonds is 9. The molecule has 136 valence electrons. The topological polar surface area (TPSA) is 81.9 Å². The van der Waals surface area contributed by atoms with E-state index in [1.807, 2.05) is 6.92 Å². The molecule has 1 unspecified atom stereocenters. The maximum absolute atomic E-state index is 12.0. The quantitative estimate of drug-likeness (QED) is 0.541. The molecular formula is C17H27ClN2O4. The minimum Gasteiger partial charge on any atom is -0.493 e. The molecule has 7 heteroatoms. The number of nitrogens with zero attached hydrogens (tertiary/aromatic N) is 1. The predicted molar refractivity (Wildman–Crippen MR) is 96.3 cm³/mol. The maximum atomic E-state index is 12.0. The number of Topliss-reactive ketones (excluding diaryl/α,β-unsaturated/α-hetero) is 1. The number of hydrogen-bond donors (Lipinski definition) is 1. The van der Waals surface area contributed by atoms with Crippen molar-refractivity contribution in [2.24, 2.45) is 5.73 Å². The summed E-state index contributed by atoms with van der Waals surface area (Å²) in [5.41, 5.74) is 6.12. The van der Waals surface area contributed by atoms with Gasteiger partial charge in [0.1, 0.15) is 0 Å². The van der Waals surface area contributed by atoms with Crippen molar-refractivity contribution in [3.63, 3.8) is 0 Å². The second kappa shape index (κ2) is 10.9. The highest BCUT2D eigenvalue weighted by Crippen LogP contribution is 2.28. The zero-order chi connectivity index (χ0) is 17.4. The summed E-state index contributed by atoms with van der Waals surface area (Å²) >= 11 is 0. The number of halogens is 1. The maximum Gasteiger partial charge on any atom is 0.222 e. The lowest BCUT2D eigenvalue weighted by Gasteiger charge is -2.23. The molecule has 0 spiro atoms. The first kappa shape index (κ1) is 22.2.